The summed E-state index contributed by atoms with van der Waals surface area (Å²) in [6.45, 7) is 0. The second-order valence-corrected chi connectivity index (χ2v) is 5.97. The molecule has 7 heteroatoms. The quantitative estimate of drug-likeness (QED) is 0.453. The van der Waals surface area contributed by atoms with Crippen molar-refractivity contribution in [3.05, 3.63) is 48.2 Å². The highest BCUT2D eigenvalue weighted by Gasteiger charge is 2.16. The average molecular weight is 325 g/mol. The summed E-state index contributed by atoms with van der Waals surface area (Å²) in [4.78, 5) is 8.65. The van der Waals surface area contributed by atoms with E-state index in [1.807, 2.05) is 53.7 Å². The van der Waals surface area contributed by atoms with Gasteiger partial charge in [0, 0.05) is 26.5 Å². The lowest BCUT2D eigenvalue weighted by atomic mass is 10.2. The van der Waals surface area contributed by atoms with Gasteiger partial charge in [0.1, 0.15) is 17.4 Å². The van der Waals surface area contributed by atoms with Gasteiger partial charge in [0.2, 0.25) is 0 Å². The molecule has 1 aromatic carbocycles. The second kappa shape index (κ2) is 6.18. The third-order valence-corrected chi connectivity index (χ3v) is 4.60. The number of imidazole rings is 2. The standard InChI is InChI=1S/C16H15N5OS/c1-20-8-7-18-16(20)23-10-14(22)11(9-17)15-19-12-5-3-4-6-13(12)21(15)2/h3-8,22H,10H2,1-2H3. The molecule has 0 spiro atoms. The lowest BCUT2D eigenvalue weighted by molar-refractivity contribution is 0.420. The Morgan fingerprint density at radius 1 is 1.35 bits per heavy atom. The van der Waals surface area contributed by atoms with Crippen LogP contribution in [0.5, 0.6) is 0 Å². The van der Waals surface area contributed by atoms with Crippen LogP contribution in [0.3, 0.4) is 0 Å². The summed E-state index contributed by atoms with van der Waals surface area (Å²) >= 11 is 1.37. The summed E-state index contributed by atoms with van der Waals surface area (Å²) in [7, 11) is 3.72. The van der Waals surface area contributed by atoms with Crippen molar-refractivity contribution in [1.29, 1.82) is 5.26 Å². The van der Waals surface area contributed by atoms with Crippen molar-refractivity contribution in [3.8, 4) is 6.07 Å². The predicted octanol–water partition coefficient (Wildman–Crippen LogP) is 2.89. The Morgan fingerprint density at radius 3 is 2.78 bits per heavy atom. The summed E-state index contributed by atoms with van der Waals surface area (Å²) in [6, 6.07) is 9.70. The van der Waals surface area contributed by atoms with Crippen molar-refractivity contribution in [2.45, 2.75) is 5.16 Å². The zero-order valence-corrected chi connectivity index (χ0v) is 13.6. The third-order valence-electron chi connectivity index (χ3n) is 3.53. The molecule has 3 rings (SSSR count). The first kappa shape index (κ1) is 15.2. The lowest BCUT2D eigenvalue weighted by Gasteiger charge is -2.05. The fourth-order valence-electron chi connectivity index (χ4n) is 2.31. The summed E-state index contributed by atoms with van der Waals surface area (Å²) < 4.78 is 3.68. The Balaban J connectivity index is 1.95. The van der Waals surface area contributed by atoms with Crippen LogP contribution < -0.4 is 0 Å². The number of aromatic nitrogens is 4. The largest absolute Gasteiger partial charge is 0.510 e. The Labute approximate surface area is 137 Å². The average Bonchev–Trinajstić information content (AvgIpc) is 3.11. The number of allylic oxidation sites excluding steroid dienone is 1. The van der Waals surface area contributed by atoms with Crippen molar-refractivity contribution in [2.24, 2.45) is 14.1 Å². The summed E-state index contributed by atoms with van der Waals surface area (Å²) in [5.41, 5.74) is 1.90. The van der Waals surface area contributed by atoms with Crippen molar-refractivity contribution < 1.29 is 5.11 Å². The lowest BCUT2D eigenvalue weighted by Crippen LogP contribution is -2.01. The summed E-state index contributed by atoms with van der Waals surface area (Å²) in [5, 5.41) is 20.6. The Bertz CT molecular complexity index is 931. The molecule has 1 N–H and O–H groups in total. The van der Waals surface area contributed by atoms with Gasteiger partial charge >= 0.3 is 0 Å². The van der Waals surface area contributed by atoms with E-state index in [4.69, 9.17) is 0 Å². The summed E-state index contributed by atoms with van der Waals surface area (Å²) in [6.07, 6.45) is 3.53. The number of fused-ring (bicyclic) bond motifs is 1. The molecule has 0 atom stereocenters. The van der Waals surface area contributed by atoms with Crippen LogP contribution in [-0.2, 0) is 14.1 Å². The number of hydrogen-bond acceptors (Lipinski definition) is 5. The van der Waals surface area contributed by atoms with Crippen molar-refractivity contribution in [2.75, 3.05) is 5.75 Å². The van der Waals surface area contributed by atoms with Crippen molar-refractivity contribution >= 4 is 28.4 Å². The van der Waals surface area contributed by atoms with E-state index in [1.54, 1.807) is 6.20 Å². The van der Waals surface area contributed by atoms with Crippen LogP contribution in [0.4, 0.5) is 0 Å². The first-order valence-electron chi connectivity index (χ1n) is 6.96. The van der Waals surface area contributed by atoms with Crippen LogP contribution >= 0.6 is 11.8 Å². The number of aliphatic hydroxyl groups excluding tert-OH is 1. The van der Waals surface area contributed by atoms with Gasteiger partial charge in [0.25, 0.3) is 0 Å². The number of nitriles is 1. The number of aryl methyl sites for hydroxylation is 2. The number of rotatable bonds is 4. The molecule has 0 aliphatic heterocycles. The summed E-state index contributed by atoms with van der Waals surface area (Å²) in [5.74, 6) is 0.724. The Morgan fingerprint density at radius 2 is 2.13 bits per heavy atom. The first-order valence-corrected chi connectivity index (χ1v) is 7.94. The van der Waals surface area contributed by atoms with Crippen molar-refractivity contribution in [1.82, 2.24) is 19.1 Å². The zero-order chi connectivity index (χ0) is 16.4. The highest BCUT2D eigenvalue weighted by Crippen LogP contribution is 2.25. The molecule has 0 aliphatic carbocycles. The van der Waals surface area contributed by atoms with Crippen LogP contribution in [0, 0.1) is 11.3 Å². The molecule has 6 nitrogen and oxygen atoms in total. The molecule has 0 fully saturated rings. The fourth-order valence-corrected chi connectivity index (χ4v) is 3.12. The van der Waals surface area contributed by atoms with E-state index in [1.165, 1.54) is 11.8 Å². The van der Waals surface area contributed by atoms with E-state index in [9.17, 15) is 10.4 Å². The number of hydrogen-bond donors (Lipinski definition) is 1. The van der Waals surface area contributed by atoms with Gasteiger partial charge in [-0.05, 0) is 12.1 Å². The monoisotopic (exact) mass is 325 g/mol. The molecular formula is C16H15N5OS. The molecule has 3 aromatic rings. The van der Waals surface area contributed by atoms with Gasteiger partial charge in [0.05, 0.1) is 16.8 Å². The molecule has 23 heavy (non-hydrogen) atoms. The molecule has 0 bridgehead atoms. The van der Waals surface area contributed by atoms with Gasteiger partial charge in [-0.15, -0.1) is 0 Å². The second-order valence-electron chi connectivity index (χ2n) is 5.03. The first-order chi connectivity index (χ1) is 11.1. The zero-order valence-electron chi connectivity index (χ0n) is 12.8. The van der Waals surface area contributed by atoms with Crippen molar-refractivity contribution in [3.63, 3.8) is 0 Å². The van der Waals surface area contributed by atoms with Gasteiger partial charge in [-0.1, -0.05) is 23.9 Å². The van der Waals surface area contributed by atoms with Crippen LogP contribution in [0.2, 0.25) is 0 Å². The topological polar surface area (TPSA) is 79.7 Å². The van der Waals surface area contributed by atoms with Gasteiger partial charge < -0.3 is 14.2 Å². The van der Waals surface area contributed by atoms with Crippen LogP contribution in [0.15, 0.2) is 47.6 Å². The smallest absolute Gasteiger partial charge is 0.168 e. The molecule has 2 aromatic heterocycles. The number of para-hydroxylation sites is 2. The molecule has 0 unspecified atom stereocenters. The van der Waals surface area contributed by atoms with Gasteiger partial charge in [-0.3, -0.25) is 0 Å². The molecule has 0 amide bonds. The number of nitrogens with zero attached hydrogens (tertiary/aromatic N) is 5. The predicted molar refractivity (Wildman–Crippen MR) is 89.8 cm³/mol. The van der Waals surface area contributed by atoms with E-state index in [2.05, 4.69) is 16.0 Å². The number of thioether (sulfide) groups is 1. The van der Waals surface area contributed by atoms with E-state index < -0.39 is 0 Å². The third kappa shape index (κ3) is 2.81. The SMILES string of the molecule is Cn1ccnc1SCC(O)=C(C#N)c1nc2ccccc2n1C. The molecule has 116 valence electrons. The normalized spacial score (nSPS) is 12.2. The Hall–Kier alpha value is -2.72. The minimum absolute atomic E-state index is 0.00101. The molecule has 2 heterocycles. The van der Waals surface area contributed by atoms with Gasteiger partial charge in [-0.25, -0.2) is 9.97 Å². The molecule has 0 saturated heterocycles. The minimum Gasteiger partial charge on any atom is -0.510 e. The highest BCUT2D eigenvalue weighted by atomic mass is 32.2. The maximum Gasteiger partial charge on any atom is 0.168 e. The van der Waals surface area contributed by atoms with E-state index in [0.29, 0.717) is 5.82 Å². The van der Waals surface area contributed by atoms with Gasteiger partial charge in [-0.2, -0.15) is 5.26 Å². The maximum atomic E-state index is 10.3. The van der Waals surface area contributed by atoms with Crippen LogP contribution in [0.25, 0.3) is 16.6 Å². The Kier molecular flexibility index (Phi) is 4.08. The van der Waals surface area contributed by atoms with E-state index in [0.717, 1.165) is 16.2 Å². The number of aliphatic hydroxyl groups is 1. The van der Waals surface area contributed by atoms with Crippen LogP contribution in [0.1, 0.15) is 5.82 Å². The van der Waals surface area contributed by atoms with Gasteiger partial charge in [0.15, 0.2) is 11.0 Å². The van der Waals surface area contributed by atoms with E-state index >= 15 is 0 Å². The maximum absolute atomic E-state index is 10.3. The number of benzene rings is 1. The highest BCUT2D eigenvalue weighted by molar-refractivity contribution is 7.99. The fraction of sp³-hybridized carbons (Fsp3) is 0.188. The molecule has 0 aliphatic rings. The molecular weight excluding hydrogens is 310 g/mol. The van der Waals surface area contributed by atoms with Crippen LogP contribution in [-0.4, -0.2) is 30.0 Å². The molecule has 0 saturated carbocycles. The minimum atomic E-state index is -0.00101. The molecule has 0 radical (unpaired) electrons. The van der Waals surface area contributed by atoms with E-state index in [-0.39, 0.29) is 17.1 Å².